The van der Waals surface area contributed by atoms with Crippen molar-refractivity contribution in [2.75, 3.05) is 13.7 Å². The molecule has 1 unspecified atom stereocenters. The standard InChI is InChI=1S/C20H23FN2O3/c1-13(14-7-8-19(25-2)18(21)10-14)23-20(24)22-11-17-9-15-5-3-4-6-16(15)12-26-17/h3-8,10,13,17H,9,11-12H2,1-2H3,(H2,22,23,24)/t13?,17-/m0/s1. The maximum Gasteiger partial charge on any atom is 0.315 e. The topological polar surface area (TPSA) is 59.6 Å². The average Bonchev–Trinajstić information content (AvgIpc) is 2.66. The van der Waals surface area contributed by atoms with E-state index in [0.29, 0.717) is 18.7 Å². The van der Waals surface area contributed by atoms with E-state index in [1.54, 1.807) is 19.1 Å². The Kier molecular flexibility index (Phi) is 5.73. The van der Waals surface area contributed by atoms with E-state index in [0.717, 1.165) is 6.42 Å². The molecule has 2 aromatic rings. The number of carbonyl (C=O) groups excluding carboxylic acids is 1. The van der Waals surface area contributed by atoms with Crippen molar-refractivity contribution in [3.05, 3.63) is 65.0 Å². The third-order valence-corrected chi connectivity index (χ3v) is 4.55. The number of hydrogen-bond acceptors (Lipinski definition) is 3. The lowest BCUT2D eigenvalue weighted by Gasteiger charge is -2.25. The van der Waals surface area contributed by atoms with Crippen molar-refractivity contribution in [1.29, 1.82) is 0 Å². The number of methoxy groups -OCH3 is 1. The van der Waals surface area contributed by atoms with Gasteiger partial charge in [-0.1, -0.05) is 30.3 Å². The van der Waals surface area contributed by atoms with E-state index >= 15 is 0 Å². The minimum absolute atomic E-state index is 0.0515. The summed E-state index contributed by atoms with van der Waals surface area (Å²) in [6, 6.07) is 12.2. The summed E-state index contributed by atoms with van der Waals surface area (Å²) >= 11 is 0. The van der Waals surface area contributed by atoms with E-state index in [-0.39, 0.29) is 23.9 Å². The summed E-state index contributed by atoms with van der Waals surface area (Å²) in [6.45, 7) is 2.78. The number of ether oxygens (including phenoxy) is 2. The van der Waals surface area contributed by atoms with Gasteiger partial charge in [0.2, 0.25) is 0 Å². The van der Waals surface area contributed by atoms with Crippen molar-refractivity contribution in [3.8, 4) is 5.75 Å². The highest BCUT2D eigenvalue weighted by Gasteiger charge is 2.20. The zero-order valence-corrected chi connectivity index (χ0v) is 14.9. The summed E-state index contributed by atoms with van der Waals surface area (Å²) in [4.78, 5) is 12.1. The van der Waals surface area contributed by atoms with E-state index in [1.807, 2.05) is 12.1 Å². The molecule has 5 nitrogen and oxygen atoms in total. The van der Waals surface area contributed by atoms with Crippen LogP contribution < -0.4 is 15.4 Å². The molecule has 2 amide bonds. The van der Waals surface area contributed by atoms with Gasteiger partial charge in [0, 0.05) is 13.0 Å². The zero-order chi connectivity index (χ0) is 18.5. The Bertz CT molecular complexity index is 781. The second kappa shape index (κ2) is 8.19. The van der Waals surface area contributed by atoms with Crippen LogP contribution in [0.15, 0.2) is 42.5 Å². The molecular weight excluding hydrogens is 335 g/mol. The first kappa shape index (κ1) is 18.2. The summed E-state index contributed by atoms with van der Waals surface area (Å²) in [5.74, 6) is -0.270. The second-order valence-electron chi connectivity index (χ2n) is 6.38. The molecule has 26 heavy (non-hydrogen) atoms. The van der Waals surface area contributed by atoms with E-state index < -0.39 is 5.82 Å². The molecular formula is C20H23FN2O3. The first-order chi connectivity index (χ1) is 12.6. The molecule has 1 aliphatic rings. The molecule has 0 aliphatic carbocycles. The van der Waals surface area contributed by atoms with Gasteiger partial charge in [-0.2, -0.15) is 0 Å². The second-order valence-corrected chi connectivity index (χ2v) is 6.38. The third kappa shape index (κ3) is 4.32. The summed E-state index contributed by atoms with van der Waals surface area (Å²) in [5, 5.41) is 5.63. The van der Waals surface area contributed by atoms with Crippen molar-refractivity contribution < 1.29 is 18.7 Å². The molecule has 0 spiro atoms. The van der Waals surface area contributed by atoms with Crippen LogP contribution in [0.2, 0.25) is 0 Å². The third-order valence-electron chi connectivity index (χ3n) is 4.55. The number of amides is 2. The van der Waals surface area contributed by atoms with Crippen molar-refractivity contribution in [2.24, 2.45) is 0 Å². The smallest absolute Gasteiger partial charge is 0.315 e. The van der Waals surface area contributed by atoms with Crippen molar-refractivity contribution in [2.45, 2.75) is 32.1 Å². The van der Waals surface area contributed by atoms with Gasteiger partial charge in [0.1, 0.15) is 0 Å². The molecule has 0 fully saturated rings. The molecule has 3 rings (SSSR count). The fourth-order valence-corrected chi connectivity index (χ4v) is 3.03. The fourth-order valence-electron chi connectivity index (χ4n) is 3.03. The number of nitrogens with one attached hydrogen (secondary N) is 2. The van der Waals surface area contributed by atoms with Crippen LogP contribution in [0.25, 0.3) is 0 Å². The largest absolute Gasteiger partial charge is 0.494 e. The Hall–Kier alpha value is -2.60. The van der Waals surface area contributed by atoms with E-state index in [9.17, 15) is 9.18 Å². The number of carbonyl (C=O) groups is 1. The predicted octanol–water partition coefficient (Wildman–Crippen LogP) is 3.34. The fraction of sp³-hybridized carbons (Fsp3) is 0.350. The summed E-state index contributed by atoms with van der Waals surface area (Å²) in [7, 11) is 1.42. The van der Waals surface area contributed by atoms with Crippen molar-refractivity contribution in [1.82, 2.24) is 10.6 Å². The van der Waals surface area contributed by atoms with Crippen LogP contribution in [0.3, 0.4) is 0 Å². The maximum absolute atomic E-state index is 13.8. The van der Waals surface area contributed by atoms with Gasteiger partial charge in [0.25, 0.3) is 0 Å². The molecule has 0 bridgehead atoms. The minimum atomic E-state index is -0.451. The lowest BCUT2D eigenvalue weighted by molar-refractivity contribution is 0.0305. The number of rotatable bonds is 5. The SMILES string of the molecule is COc1ccc(C(C)NC(=O)NC[C@@H]2Cc3ccccc3CO2)cc1F. The minimum Gasteiger partial charge on any atom is -0.494 e. The number of fused-ring (bicyclic) bond motifs is 1. The van der Waals surface area contributed by atoms with E-state index in [1.165, 1.54) is 24.3 Å². The predicted molar refractivity (Wildman–Crippen MR) is 96.6 cm³/mol. The van der Waals surface area contributed by atoms with Gasteiger partial charge in [0.05, 0.1) is 25.9 Å². The summed E-state index contributed by atoms with van der Waals surface area (Å²) in [5.41, 5.74) is 3.12. The number of urea groups is 1. The molecule has 0 saturated carbocycles. The molecule has 1 heterocycles. The van der Waals surface area contributed by atoms with Crippen LogP contribution in [-0.4, -0.2) is 25.8 Å². The molecule has 138 valence electrons. The number of halogens is 1. The van der Waals surface area contributed by atoms with Gasteiger partial charge < -0.3 is 20.1 Å². The average molecular weight is 358 g/mol. The molecule has 0 saturated heterocycles. The van der Waals surface area contributed by atoms with Gasteiger partial charge in [-0.15, -0.1) is 0 Å². The monoisotopic (exact) mass is 358 g/mol. The highest BCUT2D eigenvalue weighted by molar-refractivity contribution is 5.74. The van der Waals surface area contributed by atoms with Crippen LogP contribution in [0.4, 0.5) is 9.18 Å². The Morgan fingerprint density at radius 2 is 2.08 bits per heavy atom. The van der Waals surface area contributed by atoms with Gasteiger partial charge in [0.15, 0.2) is 11.6 Å². The van der Waals surface area contributed by atoms with Crippen LogP contribution >= 0.6 is 0 Å². The first-order valence-electron chi connectivity index (χ1n) is 8.63. The van der Waals surface area contributed by atoms with Crippen molar-refractivity contribution in [3.63, 3.8) is 0 Å². The summed E-state index contributed by atoms with van der Waals surface area (Å²) < 4.78 is 24.5. The molecule has 2 aromatic carbocycles. The van der Waals surface area contributed by atoms with Crippen molar-refractivity contribution >= 4 is 6.03 Å². The molecule has 6 heteroatoms. The zero-order valence-electron chi connectivity index (χ0n) is 14.9. The van der Waals surface area contributed by atoms with Gasteiger partial charge >= 0.3 is 6.03 Å². The molecule has 2 N–H and O–H groups in total. The van der Waals surface area contributed by atoms with Crippen LogP contribution in [0.5, 0.6) is 5.75 Å². The Labute approximate surface area is 152 Å². The lowest BCUT2D eigenvalue weighted by atomic mass is 9.99. The van der Waals surface area contributed by atoms with E-state index in [2.05, 4.69) is 22.8 Å². The van der Waals surface area contributed by atoms with Gasteiger partial charge in [-0.05, 0) is 35.7 Å². The molecule has 1 aliphatic heterocycles. The highest BCUT2D eigenvalue weighted by Crippen LogP contribution is 2.22. The van der Waals surface area contributed by atoms with Gasteiger partial charge in [-0.25, -0.2) is 9.18 Å². The normalized spacial score (nSPS) is 17.1. The molecule has 0 aromatic heterocycles. The Morgan fingerprint density at radius 1 is 1.31 bits per heavy atom. The lowest BCUT2D eigenvalue weighted by Crippen LogP contribution is -2.42. The first-order valence-corrected chi connectivity index (χ1v) is 8.63. The summed E-state index contributed by atoms with van der Waals surface area (Å²) in [6.07, 6.45) is 0.722. The highest BCUT2D eigenvalue weighted by atomic mass is 19.1. The molecule has 2 atom stereocenters. The molecule has 0 radical (unpaired) electrons. The van der Waals surface area contributed by atoms with Crippen LogP contribution in [-0.2, 0) is 17.8 Å². The van der Waals surface area contributed by atoms with E-state index in [4.69, 9.17) is 9.47 Å². The van der Waals surface area contributed by atoms with Crippen LogP contribution in [0.1, 0.15) is 29.7 Å². The quantitative estimate of drug-likeness (QED) is 0.862. The maximum atomic E-state index is 13.8. The number of benzene rings is 2. The number of hydrogen-bond donors (Lipinski definition) is 2. The van der Waals surface area contributed by atoms with Crippen LogP contribution in [0, 0.1) is 5.82 Å². The Morgan fingerprint density at radius 3 is 2.81 bits per heavy atom. The Balaban J connectivity index is 1.49. The van der Waals surface area contributed by atoms with Gasteiger partial charge in [-0.3, -0.25) is 0 Å².